The van der Waals surface area contributed by atoms with Crippen molar-refractivity contribution in [3.8, 4) is 0 Å². The first-order valence-corrected chi connectivity index (χ1v) is 4.75. The summed E-state index contributed by atoms with van der Waals surface area (Å²) in [4.78, 5) is 10.5. The minimum absolute atomic E-state index is 0.270. The highest BCUT2D eigenvalue weighted by atomic mass is 16.6. The average Bonchev–Trinajstić information content (AvgIpc) is 2.41. The molecule has 0 unspecified atom stereocenters. The molecule has 1 aliphatic rings. The molecule has 2 rings (SSSR count). The van der Waals surface area contributed by atoms with E-state index in [1.54, 1.807) is 12.1 Å². The number of nitro benzene ring substituents is 1. The minimum Gasteiger partial charge on any atom is -0.316 e. The first-order valence-electron chi connectivity index (χ1n) is 4.75. The van der Waals surface area contributed by atoms with E-state index in [0.717, 1.165) is 37.1 Å². The van der Waals surface area contributed by atoms with Gasteiger partial charge in [0.05, 0.1) is 4.92 Å². The third-order valence-corrected chi connectivity index (χ3v) is 2.57. The van der Waals surface area contributed by atoms with Gasteiger partial charge in [0.25, 0.3) is 5.69 Å². The van der Waals surface area contributed by atoms with Crippen LogP contribution >= 0.6 is 0 Å². The lowest BCUT2D eigenvalue weighted by molar-refractivity contribution is -0.385. The van der Waals surface area contributed by atoms with E-state index >= 15 is 0 Å². The molecule has 1 aliphatic heterocycles. The second-order valence-electron chi connectivity index (χ2n) is 3.42. The summed E-state index contributed by atoms with van der Waals surface area (Å²) in [5.41, 5.74) is 2.29. The lowest BCUT2D eigenvalue weighted by Crippen LogP contribution is -2.16. The maximum Gasteiger partial charge on any atom is 0.272 e. The van der Waals surface area contributed by atoms with Gasteiger partial charge < -0.3 is 5.32 Å². The van der Waals surface area contributed by atoms with Gasteiger partial charge in [-0.1, -0.05) is 12.1 Å². The molecule has 14 heavy (non-hydrogen) atoms. The fourth-order valence-electron chi connectivity index (χ4n) is 1.88. The molecule has 0 aromatic heterocycles. The van der Waals surface area contributed by atoms with Gasteiger partial charge in [0.15, 0.2) is 0 Å². The Balaban J connectivity index is 2.47. The minimum atomic E-state index is -0.288. The molecular weight excluding hydrogens is 180 g/mol. The van der Waals surface area contributed by atoms with Gasteiger partial charge in [0.1, 0.15) is 0 Å². The second kappa shape index (κ2) is 3.75. The van der Waals surface area contributed by atoms with E-state index in [4.69, 9.17) is 0 Å². The second-order valence-corrected chi connectivity index (χ2v) is 3.42. The van der Waals surface area contributed by atoms with Crippen LogP contribution < -0.4 is 5.32 Å². The summed E-state index contributed by atoms with van der Waals surface area (Å²) in [5.74, 6) is 0. The molecule has 0 saturated heterocycles. The molecular formula is C10H12N2O2. The van der Waals surface area contributed by atoms with Crippen LogP contribution in [0.3, 0.4) is 0 Å². The zero-order valence-corrected chi connectivity index (χ0v) is 7.82. The van der Waals surface area contributed by atoms with Crippen LogP contribution in [0.1, 0.15) is 11.1 Å². The highest BCUT2D eigenvalue weighted by molar-refractivity contribution is 5.46. The lowest BCUT2D eigenvalue weighted by atomic mass is 10.0. The summed E-state index contributed by atoms with van der Waals surface area (Å²) in [7, 11) is 0. The van der Waals surface area contributed by atoms with Crippen LogP contribution in [-0.4, -0.2) is 18.0 Å². The Hall–Kier alpha value is -1.42. The number of fused-ring (bicyclic) bond motifs is 1. The van der Waals surface area contributed by atoms with Crippen LogP contribution in [0.4, 0.5) is 5.69 Å². The van der Waals surface area contributed by atoms with Crippen molar-refractivity contribution in [3.63, 3.8) is 0 Å². The number of hydrogen-bond acceptors (Lipinski definition) is 3. The summed E-state index contributed by atoms with van der Waals surface area (Å²) in [6.07, 6.45) is 1.64. The molecule has 4 heteroatoms. The predicted octanol–water partition coefficient (Wildman–Crippen LogP) is 1.28. The van der Waals surface area contributed by atoms with Crippen LogP contribution in [0.5, 0.6) is 0 Å². The smallest absolute Gasteiger partial charge is 0.272 e. The van der Waals surface area contributed by atoms with Crippen molar-refractivity contribution >= 4 is 5.69 Å². The zero-order valence-electron chi connectivity index (χ0n) is 7.82. The number of nitrogens with one attached hydrogen (secondary N) is 1. The summed E-state index contributed by atoms with van der Waals surface area (Å²) in [6.45, 7) is 1.74. The van der Waals surface area contributed by atoms with Gasteiger partial charge in [-0.3, -0.25) is 10.1 Å². The van der Waals surface area contributed by atoms with E-state index in [-0.39, 0.29) is 10.6 Å². The first-order chi connectivity index (χ1) is 6.79. The molecule has 0 spiro atoms. The fraction of sp³-hybridized carbons (Fsp3) is 0.400. The molecule has 0 aliphatic carbocycles. The van der Waals surface area contributed by atoms with Crippen LogP contribution in [0.2, 0.25) is 0 Å². The Morgan fingerprint density at radius 1 is 1.29 bits per heavy atom. The molecule has 0 radical (unpaired) electrons. The van der Waals surface area contributed by atoms with E-state index in [1.165, 1.54) is 0 Å². The molecule has 1 heterocycles. The molecule has 0 atom stereocenters. The van der Waals surface area contributed by atoms with Gasteiger partial charge in [0, 0.05) is 11.6 Å². The number of nitro groups is 1. The van der Waals surface area contributed by atoms with Gasteiger partial charge >= 0.3 is 0 Å². The van der Waals surface area contributed by atoms with Crippen molar-refractivity contribution in [2.75, 3.05) is 13.1 Å². The highest BCUT2D eigenvalue weighted by Gasteiger charge is 2.18. The Morgan fingerprint density at radius 2 is 2.07 bits per heavy atom. The molecule has 1 N–H and O–H groups in total. The third kappa shape index (κ3) is 1.61. The molecule has 1 aromatic carbocycles. The van der Waals surface area contributed by atoms with Crippen LogP contribution in [0.15, 0.2) is 18.2 Å². The number of rotatable bonds is 1. The lowest BCUT2D eigenvalue weighted by Gasteiger charge is -2.04. The fourth-order valence-corrected chi connectivity index (χ4v) is 1.88. The van der Waals surface area contributed by atoms with Gasteiger partial charge in [-0.25, -0.2) is 0 Å². The van der Waals surface area contributed by atoms with Crippen molar-refractivity contribution in [3.05, 3.63) is 39.4 Å². The van der Waals surface area contributed by atoms with Crippen molar-refractivity contribution in [1.29, 1.82) is 0 Å². The molecule has 0 amide bonds. The summed E-state index contributed by atoms with van der Waals surface area (Å²) < 4.78 is 0. The van der Waals surface area contributed by atoms with Gasteiger partial charge in [0.2, 0.25) is 0 Å². The van der Waals surface area contributed by atoms with E-state index < -0.39 is 0 Å². The largest absolute Gasteiger partial charge is 0.316 e. The molecule has 0 fully saturated rings. The SMILES string of the molecule is O=[N+]([O-])c1cccc2c1CCNCC2. The number of benzene rings is 1. The standard InChI is InChI=1S/C10H12N2O2/c13-12(14)10-3-1-2-8-4-6-11-7-5-9(8)10/h1-3,11H,4-7H2. The Kier molecular flexibility index (Phi) is 2.45. The molecule has 0 bridgehead atoms. The van der Waals surface area contributed by atoms with Gasteiger partial charge in [-0.15, -0.1) is 0 Å². The van der Waals surface area contributed by atoms with E-state index in [0.29, 0.717) is 0 Å². The molecule has 1 aromatic rings. The molecule has 74 valence electrons. The van der Waals surface area contributed by atoms with Crippen LogP contribution in [0, 0.1) is 10.1 Å². The maximum atomic E-state index is 10.8. The van der Waals surface area contributed by atoms with Crippen molar-refractivity contribution in [1.82, 2.24) is 5.32 Å². The number of hydrogen-bond donors (Lipinski definition) is 1. The predicted molar refractivity (Wildman–Crippen MR) is 53.4 cm³/mol. The molecule has 0 saturated carbocycles. The topological polar surface area (TPSA) is 55.2 Å². The van der Waals surface area contributed by atoms with Gasteiger partial charge in [-0.2, -0.15) is 0 Å². The van der Waals surface area contributed by atoms with Crippen molar-refractivity contribution in [2.45, 2.75) is 12.8 Å². The normalized spacial score (nSPS) is 15.7. The Bertz CT molecular complexity index is 363. The summed E-state index contributed by atoms with van der Waals surface area (Å²) in [6, 6.07) is 5.34. The molecule has 4 nitrogen and oxygen atoms in total. The van der Waals surface area contributed by atoms with E-state index in [2.05, 4.69) is 5.32 Å². The van der Waals surface area contributed by atoms with E-state index in [9.17, 15) is 10.1 Å². The third-order valence-electron chi connectivity index (χ3n) is 2.57. The Morgan fingerprint density at radius 3 is 2.86 bits per heavy atom. The van der Waals surface area contributed by atoms with Gasteiger partial charge in [-0.05, 0) is 31.5 Å². The first kappa shape index (κ1) is 9.15. The average molecular weight is 192 g/mol. The van der Waals surface area contributed by atoms with Crippen LogP contribution in [-0.2, 0) is 12.8 Å². The summed E-state index contributed by atoms with van der Waals surface area (Å²) >= 11 is 0. The van der Waals surface area contributed by atoms with Crippen LogP contribution in [0.25, 0.3) is 0 Å². The highest BCUT2D eigenvalue weighted by Crippen LogP contribution is 2.24. The van der Waals surface area contributed by atoms with Crippen molar-refractivity contribution in [2.24, 2.45) is 0 Å². The van der Waals surface area contributed by atoms with E-state index in [1.807, 2.05) is 6.07 Å². The van der Waals surface area contributed by atoms with Crippen molar-refractivity contribution < 1.29 is 4.92 Å². The maximum absolute atomic E-state index is 10.8. The number of nitrogens with zero attached hydrogens (tertiary/aromatic N) is 1. The quantitative estimate of drug-likeness (QED) is 0.538. The summed E-state index contributed by atoms with van der Waals surface area (Å²) in [5, 5.41) is 14.0. The Labute approximate surface area is 82.1 Å². The monoisotopic (exact) mass is 192 g/mol. The zero-order chi connectivity index (χ0) is 9.97.